The Bertz CT molecular complexity index is 806. The number of halogens is 2. The predicted octanol–water partition coefficient (Wildman–Crippen LogP) is 2.34. The van der Waals surface area contributed by atoms with Crippen LogP contribution in [0.4, 0.5) is 8.78 Å². The summed E-state index contributed by atoms with van der Waals surface area (Å²) in [6, 6.07) is 7.81. The van der Waals surface area contributed by atoms with E-state index in [-0.39, 0.29) is 18.4 Å². The normalized spacial score (nSPS) is 11.8. The van der Waals surface area contributed by atoms with Crippen LogP contribution in [-0.2, 0) is 22.4 Å². The molecule has 0 aliphatic heterocycles. The highest BCUT2D eigenvalue weighted by molar-refractivity contribution is 5.87. The topological polar surface area (TPSA) is 72.2 Å². The number of nitrogens with one attached hydrogen (secondary N) is 1. The van der Waals surface area contributed by atoms with Crippen molar-refractivity contribution in [2.45, 2.75) is 32.7 Å². The minimum absolute atomic E-state index is 0.0494. The van der Waals surface area contributed by atoms with E-state index >= 15 is 0 Å². The van der Waals surface area contributed by atoms with Gasteiger partial charge in [-0.05, 0) is 42.2 Å². The van der Waals surface area contributed by atoms with Crippen molar-refractivity contribution < 1.29 is 18.4 Å². The first-order valence-corrected chi connectivity index (χ1v) is 7.85. The van der Waals surface area contributed by atoms with E-state index in [0.29, 0.717) is 6.07 Å². The predicted molar refractivity (Wildman–Crippen MR) is 90.8 cm³/mol. The van der Waals surface area contributed by atoms with Crippen LogP contribution < -0.4 is 11.1 Å². The van der Waals surface area contributed by atoms with Gasteiger partial charge in [-0.2, -0.15) is 0 Å². The van der Waals surface area contributed by atoms with Gasteiger partial charge in [-0.25, -0.2) is 8.78 Å². The van der Waals surface area contributed by atoms with Gasteiger partial charge < -0.3 is 11.1 Å². The number of nitrogens with two attached hydrogens (primary N) is 1. The van der Waals surface area contributed by atoms with Gasteiger partial charge in [0.25, 0.3) is 0 Å². The number of carbonyl (C=O) groups is 2. The van der Waals surface area contributed by atoms with Crippen molar-refractivity contribution in [3.05, 3.63) is 70.3 Å². The number of hydrogen-bond donors (Lipinski definition) is 2. The monoisotopic (exact) mass is 346 g/mol. The smallest absolute Gasteiger partial charge is 0.240 e. The molecule has 0 spiro atoms. The molecule has 6 heteroatoms. The minimum atomic E-state index is -0.905. The number of aryl methyl sites for hydroxylation is 2. The molecule has 2 aromatic rings. The van der Waals surface area contributed by atoms with Crippen LogP contribution in [0.5, 0.6) is 0 Å². The SMILES string of the molecule is Cc1ccc(C[C@@H](NC(=O)Cc2ccc(F)cc2F)C(N)=O)cc1C. The van der Waals surface area contributed by atoms with Gasteiger partial charge in [0.05, 0.1) is 6.42 Å². The van der Waals surface area contributed by atoms with E-state index in [2.05, 4.69) is 5.32 Å². The fourth-order valence-electron chi connectivity index (χ4n) is 2.47. The van der Waals surface area contributed by atoms with Crippen LogP contribution in [0.25, 0.3) is 0 Å². The summed E-state index contributed by atoms with van der Waals surface area (Å²) in [4.78, 5) is 23.7. The second kappa shape index (κ2) is 7.88. The maximum absolute atomic E-state index is 13.6. The summed E-state index contributed by atoms with van der Waals surface area (Å²) in [5, 5.41) is 2.52. The lowest BCUT2D eigenvalue weighted by molar-refractivity contribution is -0.127. The Labute approximate surface area is 145 Å². The maximum Gasteiger partial charge on any atom is 0.240 e. The zero-order valence-corrected chi connectivity index (χ0v) is 14.1. The third kappa shape index (κ3) is 5.11. The van der Waals surface area contributed by atoms with E-state index in [4.69, 9.17) is 5.73 Å². The molecule has 1 atom stereocenters. The molecule has 0 bridgehead atoms. The lowest BCUT2D eigenvalue weighted by atomic mass is 10.0. The number of hydrogen-bond acceptors (Lipinski definition) is 2. The van der Waals surface area contributed by atoms with Crippen LogP contribution in [0.3, 0.4) is 0 Å². The number of amides is 2. The van der Waals surface area contributed by atoms with Gasteiger partial charge in [0, 0.05) is 12.5 Å². The van der Waals surface area contributed by atoms with Crippen LogP contribution >= 0.6 is 0 Å². The average molecular weight is 346 g/mol. The third-order valence-electron chi connectivity index (χ3n) is 4.06. The fourth-order valence-corrected chi connectivity index (χ4v) is 2.47. The van der Waals surface area contributed by atoms with Crippen LogP contribution in [0, 0.1) is 25.5 Å². The second-order valence-electron chi connectivity index (χ2n) is 6.06. The molecule has 3 N–H and O–H groups in total. The van der Waals surface area contributed by atoms with Gasteiger partial charge >= 0.3 is 0 Å². The van der Waals surface area contributed by atoms with Gasteiger partial charge in [0.2, 0.25) is 11.8 Å². The van der Waals surface area contributed by atoms with Gasteiger partial charge in [-0.15, -0.1) is 0 Å². The Kier molecular flexibility index (Phi) is 5.85. The zero-order valence-electron chi connectivity index (χ0n) is 14.1. The molecule has 132 valence electrons. The Morgan fingerprint density at radius 1 is 1.08 bits per heavy atom. The summed E-state index contributed by atoms with van der Waals surface area (Å²) >= 11 is 0. The van der Waals surface area contributed by atoms with Crippen LogP contribution in [-0.4, -0.2) is 17.9 Å². The van der Waals surface area contributed by atoms with Crippen LogP contribution in [0.1, 0.15) is 22.3 Å². The Hall–Kier alpha value is -2.76. The first-order chi connectivity index (χ1) is 11.8. The summed E-state index contributed by atoms with van der Waals surface area (Å²) in [6.45, 7) is 3.93. The molecule has 0 saturated heterocycles. The Morgan fingerprint density at radius 2 is 1.80 bits per heavy atom. The largest absolute Gasteiger partial charge is 0.368 e. The van der Waals surface area contributed by atoms with E-state index in [1.165, 1.54) is 6.07 Å². The molecule has 0 aromatic heterocycles. The standard InChI is InChI=1S/C19H20F2N2O2/c1-11-3-4-13(7-12(11)2)8-17(19(22)25)23-18(24)9-14-5-6-15(20)10-16(14)21/h3-7,10,17H,8-9H2,1-2H3,(H2,22,25)(H,23,24)/t17-/m1/s1. The lowest BCUT2D eigenvalue weighted by Gasteiger charge is -2.16. The number of primary amides is 1. The van der Waals surface area contributed by atoms with E-state index < -0.39 is 29.5 Å². The number of rotatable bonds is 6. The van der Waals surface area contributed by atoms with Gasteiger partial charge in [0.1, 0.15) is 17.7 Å². The molecule has 25 heavy (non-hydrogen) atoms. The minimum Gasteiger partial charge on any atom is -0.368 e. The average Bonchev–Trinajstić information content (AvgIpc) is 2.53. The molecular formula is C19H20F2N2O2. The van der Waals surface area contributed by atoms with Gasteiger partial charge in [-0.3, -0.25) is 9.59 Å². The first-order valence-electron chi connectivity index (χ1n) is 7.85. The van der Waals surface area contributed by atoms with E-state index in [1.807, 2.05) is 32.0 Å². The molecule has 4 nitrogen and oxygen atoms in total. The van der Waals surface area contributed by atoms with Crippen molar-refractivity contribution in [2.24, 2.45) is 5.73 Å². The van der Waals surface area contributed by atoms with Crippen molar-refractivity contribution in [3.8, 4) is 0 Å². The summed E-state index contributed by atoms with van der Waals surface area (Å²) in [5.41, 5.74) is 8.47. The summed E-state index contributed by atoms with van der Waals surface area (Å²) in [5.74, 6) is -2.75. The molecule has 0 heterocycles. The van der Waals surface area contributed by atoms with Gasteiger partial charge in [0.15, 0.2) is 0 Å². The zero-order chi connectivity index (χ0) is 18.6. The molecule has 0 aliphatic carbocycles. The summed E-state index contributed by atoms with van der Waals surface area (Å²) in [6.07, 6.45) is -0.0586. The van der Waals surface area contributed by atoms with Crippen molar-refractivity contribution in [1.82, 2.24) is 5.32 Å². The molecule has 2 aromatic carbocycles. The number of benzene rings is 2. The van der Waals surface area contributed by atoms with Crippen LogP contribution in [0.2, 0.25) is 0 Å². The summed E-state index contributed by atoms with van der Waals surface area (Å²) in [7, 11) is 0. The van der Waals surface area contributed by atoms with Crippen molar-refractivity contribution in [3.63, 3.8) is 0 Å². The molecule has 0 unspecified atom stereocenters. The molecule has 0 radical (unpaired) electrons. The van der Waals surface area contributed by atoms with Crippen molar-refractivity contribution in [2.75, 3.05) is 0 Å². The van der Waals surface area contributed by atoms with Gasteiger partial charge in [-0.1, -0.05) is 24.3 Å². The highest BCUT2D eigenvalue weighted by Crippen LogP contribution is 2.13. The first kappa shape index (κ1) is 18.6. The Balaban J connectivity index is 2.06. The maximum atomic E-state index is 13.6. The Morgan fingerprint density at radius 3 is 2.40 bits per heavy atom. The molecule has 0 aliphatic rings. The van der Waals surface area contributed by atoms with Crippen molar-refractivity contribution in [1.29, 1.82) is 0 Å². The molecule has 2 rings (SSSR count). The lowest BCUT2D eigenvalue weighted by Crippen LogP contribution is -2.46. The molecule has 0 fully saturated rings. The van der Waals surface area contributed by atoms with Crippen molar-refractivity contribution >= 4 is 11.8 Å². The highest BCUT2D eigenvalue weighted by atomic mass is 19.1. The third-order valence-corrected chi connectivity index (χ3v) is 4.06. The molecule has 2 amide bonds. The molecule has 0 saturated carbocycles. The quantitative estimate of drug-likeness (QED) is 0.843. The summed E-state index contributed by atoms with van der Waals surface area (Å²) < 4.78 is 26.5. The highest BCUT2D eigenvalue weighted by Gasteiger charge is 2.20. The van der Waals surface area contributed by atoms with E-state index in [0.717, 1.165) is 22.8 Å². The van der Waals surface area contributed by atoms with Crippen LogP contribution in [0.15, 0.2) is 36.4 Å². The number of carbonyl (C=O) groups excluding carboxylic acids is 2. The van der Waals surface area contributed by atoms with E-state index in [1.54, 1.807) is 0 Å². The second-order valence-corrected chi connectivity index (χ2v) is 6.06. The fraction of sp³-hybridized carbons (Fsp3) is 0.263. The molecular weight excluding hydrogens is 326 g/mol. The van der Waals surface area contributed by atoms with E-state index in [9.17, 15) is 18.4 Å².